The topological polar surface area (TPSA) is 67.4 Å². The lowest BCUT2D eigenvalue weighted by Gasteiger charge is -2.00. The second-order valence-electron chi connectivity index (χ2n) is 4.73. The third-order valence-electron chi connectivity index (χ3n) is 3.17. The van der Waals surface area contributed by atoms with Crippen LogP contribution in [0.5, 0.6) is 0 Å². The predicted octanol–water partition coefficient (Wildman–Crippen LogP) is 2.94. The van der Waals surface area contributed by atoms with Gasteiger partial charge in [0.2, 0.25) is 0 Å². The molecule has 0 bridgehead atoms. The van der Waals surface area contributed by atoms with E-state index in [4.69, 9.17) is 0 Å². The van der Waals surface area contributed by atoms with Crippen LogP contribution in [0.1, 0.15) is 11.3 Å². The van der Waals surface area contributed by atoms with E-state index in [1.165, 1.54) is 0 Å². The number of nitrogens with zero attached hydrogens (tertiary/aromatic N) is 5. The fourth-order valence-corrected chi connectivity index (χ4v) is 2.19. The molecule has 0 aromatic carbocycles. The lowest BCUT2D eigenvalue weighted by atomic mass is 10.1. The summed E-state index contributed by atoms with van der Waals surface area (Å²) >= 11 is 0. The Kier molecular flexibility index (Phi) is 3.75. The summed E-state index contributed by atoms with van der Waals surface area (Å²) in [5.41, 5.74) is 3.79. The summed E-state index contributed by atoms with van der Waals surface area (Å²) in [6.45, 7) is 0. The van der Waals surface area contributed by atoms with Crippen LogP contribution in [0.25, 0.3) is 22.9 Å². The van der Waals surface area contributed by atoms with Gasteiger partial charge >= 0.3 is 0 Å². The fourth-order valence-electron chi connectivity index (χ4n) is 2.19. The van der Waals surface area contributed by atoms with Crippen molar-refractivity contribution in [1.82, 2.24) is 19.7 Å². The second kappa shape index (κ2) is 6.02. The van der Waals surface area contributed by atoms with Gasteiger partial charge in [0.15, 0.2) is 0 Å². The lowest BCUT2D eigenvalue weighted by Crippen LogP contribution is -1.88. The third-order valence-corrected chi connectivity index (χ3v) is 3.17. The first kappa shape index (κ1) is 13.7. The molecule has 0 saturated carbocycles. The molecule has 0 unspecified atom stereocenters. The number of aryl methyl sites for hydroxylation is 1. The largest absolute Gasteiger partial charge is 0.275 e. The Morgan fingerprint density at radius 3 is 2.68 bits per heavy atom. The molecule has 5 heteroatoms. The van der Waals surface area contributed by atoms with Gasteiger partial charge in [-0.15, -0.1) is 0 Å². The van der Waals surface area contributed by atoms with E-state index in [-0.39, 0.29) is 0 Å². The lowest BCUT2D eigenvalue weighted by molar-refractivity contribution is 0.770. The van der Waals surface area contributed by atoms with E-state index in [0.717, 1.165) is 16.8 Å². The van der Waals surface area contributed by atoms with E-state index in [1.807, 2.05) is 49.7 Å². The van der Waals surface area contributed by atoms with Crippen molar-refractivity contribution in [3.63, 3.8) is 0 Å². The Labute approximate surface area is 128 Å². The smallest absolute Gasteiger partial charge is 0.101 e. The number of hydrogen-bond donors (Lipinski definition) is 0. The molecule has 22 heavy (non-hydrogen) atoms. The molecule has 5 nitrogen and oxygen atoms in total. The Bertz CT molecular complexity index is 842. The van der Waals surface area contributed by atoms with E-state index >= 15 is 0 Å². The molecule has 0 aliphatic carbocycles. The highest BCUT2D eigenvalue weighted by atomic mass is 15.2. The van der Waals surface area contributed by atoms with Gasteiger partial charge in [-0.1, -0.05) is 6.07 Å². The molecule has 106 valence electrons. The van der Waals surface area contributed by atoms with Crippen molar-refractivity contribution in [3.05, 3.63) is 66.4 Å². The monoisotopic (exact) mass is 287 g/mol. The molecule has 0 spiro atoms. The van der Waals surface area contributed by atoms with Crippen molar-refractivity contribution in [2.24, 2.45) is 7.05 Å². The first-order valence-corrected chi connectivity index (χ1v) is 6.75. The van der Waals surface area contributed by atoms with Crippen LogP contribution in [0.2, 0.25) is 0 Å². The third kappa shape index (κ3) is 2.76. The van der Waals surface area contributed by atoms with E-state index in [0.29, 0.717) is 11.3 Å². The van der Waals surface area contributed by atoms with E-state index in [1.54, 1.807) is 23.3 Å². The van der Waals surface area contributed by atoms with E-state index in [2.05, 4.69) is 21.1 Å². The van der Waals surface area contributed by atoms with Crippen LogP contribution < -0.4 is 0 Å². The molecule has 3 heterocycles. The minimum Gasteiger partial charge on any atom is -0.275 e. The second-order valence-corrected chi connectivity index (χ2v) is 4.73. The average molecular weight is 287 g/mol. The van der Waals surface area contributed by atoms with Gasteiger partial charge in [0.05, 0.1) is 17.0 Å². The van der Waals surface area contributed by atoms with E-state index in [9.17, 15) is 5.26 Å². The number of pyridine rings is 2. The maximum Gasteiger partial charge on any atom is 0.101 e. The Balaban J connectivity index is 2.10. The molecule has 0 saturated heterocycles. The van der Waals surface area contributed by atoms with Crippen LogP contribution in [-0.4, -0.2) is 19.7 Å². The molecule has 0 aliphatic heterocycles. The normalized spacial score (nSPS) is 11.2. The van der Waals surface area contributed by atoms with Crippen LogP contribution in [0.3, 0.4) is 0 Å². The quantitative estimate of drug-likeness (QED) is 0.695. The number of allylic oxidation sites excluding steroid dienone is 1. The Hall–Kier alpha value is -3.26. The molecule has 0 aliphatic rings. The summed E-state index contributed by atoms with van der Waals surface area (Å²) in [6.07, 6.45) is 8.82. The molecule has 0 atom stereocenters. The average Bonchev–Trinajstić information content (AvgIpc) is 2.95. The van der Waals surface area contributed by atoms with Crippen molar-refractivity contribution in [2.45, 2.75) is 0 Å². The predicted molar refractivity (Wildman–Crippen MR) is 84.2 cm³/mol. The van der Waals surface area contributed by atoms with Crippen LogP contribution in [0.4, 0.5) is 0 Å². The SMILES string of the molecule is Cn1cc(/C=C(/C#N)c2ccccn2)c(-c2ccncc2)n1. The number of rotatable bonds is 3. The minimum absolute atomic E-state index is 0.504. The molecule has 0 N–H and O–H groups in total. The molecular weight excluding hydrogens is 274 g/mol. The summed E-state index contributed by atoms with van der Waals surface area (Å²) in [5, 5.41) is 13.9. The Morgan fingerprint density at radius 1 is 1.18 bits per heavy atom. The maximum atomic E-state index is 9.41. The standard InChI is InChI=1S/C17H13N5/c1-22-12-15(17(21-22)13-5-8-19-9-6-13)10-14(11-18)16-4-2-3-7-20-16/h2-10,12H,1H3/b14-10-. The Morgan fingerprint density at radius 2 is 2.00 bits per heavy atom. The van der Waals surface area contributed by atoms with Crippen molar-refractivity contribution in [3.8, 4) is 17.3 Å². The minimum atomic E-state index is 0.504. The van der Waals surface area contributed by atoms with Gasteiger partial charge < -0.3 is 0 Å². The van der Waals surface area contributed by atoms with Crippen LogP contribution in [-0.2, 0) is 7.05 Å². The van der Waals surface area contributed by atoms with Crippen LogP contribution >= 0.6 is 0 Å². The zero-order valence-corrected chi connectivity index (χ0v) is 12.0. The molecule has 3 aromatic rings. The number of nitriles is 1. The molecule has 0 amide bonds. The summed E-state index contributed by atoms with van der Waals surface area (Å²) < 4.78 is 1.73. The van der Waals surface area contributed by atoms with Crippen molar-refractivity contribution in [2.75, 3.05) is 0 Å². The van der Waals surface area contributed by atoms with Gasteiger partial charge in [-0.05, 0) is 30.3 Å². The highest BCUT2D eigenvalue weighted by Crippen LogP contribution is 2.25. The van der Waals surface area contributed by atoms with Gasteiger partial charge in [0.25, 0.3) is 0 Å². The molecule has 0 radical (unpaired) electrons. The highest BCUT2D eigenvalue weighted by molar-refractivity contribution is 5.91. The van der Waals surface area contributed by atoms with E-state index < -0.39 is 0 Å². The summed E-state index contributed by atoms with van der Waals surface area (Å²) in [5.74, 6) is 0. The first-order valence-electron chi connectivity index (χ1n) is 6.75. The molecule has 3 aromatic heterocycles. The molecule has 0 fully saturated rings. The van der Waals surface area contributed by atoms with Gasteiger partial charge in [0.1, 0.15) is 6.07 Å². The molecule has 3 rings (SSSR count). The number of hydrogen-bond acceptors (Lipinski definition) is 4. The fraction of sp³-hybridized carbons (Fsp3) is 0.0588. The van der Waals surface area contributed by atoms with Crippen molar-refractivity contribution >= 4 is 11.6 Å². The highest BCUT2D eigenvalue weighted by Gasteiger charge is 2.10. The first-order chi connectivity index (χ1) is 10.8. The van der Waals surface area contributed by atoms with Crippen molar-refractivity contribution in [1.29, 1.82) is 5.26 Å². The summed E-state index contributed by atoms with van der Waals surface area (Å²) in [7, 11) is 1.86. The van der Waals surface area contributed by atoms with Crippen LogP contribution in [0.15, 0.2) is 55.1 Å². The zero-order valence-electron chi connectivity index (χ0n) is 12.0. The maximum absolute atomic E-state index is 9.41. The summed E-state index contributed by atoms with van der Waals surface area (Å²) in [4.78, 5) is 8.25. The van der Waals surface area contributed by atoms with Gasteiger partial charge in [-0.2, -0.15) is 10.4 Å². The zero-order chi connectivity index (χ0) is 15.4. The van der Waals surface area contributed by atoms with Crippen molar-refractivity contribution < 1.29 is 0 Å². The van der Waals surface area contributed by atoms with Gasteiger partial charge in [-0.25, -0.2) is 0 Å². The van der Waals surface area contributed by atoms with Crippen LogP contribution in [0, 0.1) is 11.3 Å². The van der Waals surface area contributed by atoms with Gasteiger partial charge in [-0.3, -0.25) is 14.6 Å². The summed E-state index contributed by atoms with van der Waals surface area (Å²) in [6, 6.07) is 11.5. The molecular formula is C17H13N5. The number of aromatic nitrogens is 4. The van der Waals surface area contributed by atoms with Gasteiger partial charge in [0, 0.05) is 43.0 Å².